The number of aryl methyl sites for hydroxylation is 1. The number of likely N-dealkylation sites (tertiary alicyclic amines) is 2. The highest BCUT2D eigenvalue weighted by Gasteiger charge is 2.29. The molecule has 0 aliphatic carbocycles. The van der Waals surface area contributed by atoms with E-state index in [1.54, 1.807) is 12.1 Å². The first kappa shape index (κ1) is 18.9. The van der Waals surface area contributed by atoms with Gasteiger partial charge >= 0.3 is 0 Å². The summed E-state index contributed by atoms with van der Waals surface area (Å²) in [6.07, 6.45) is 7.47. The maximum Gasteiger partial charge on any atom is 0.179 e. The number of hydrogen-bond acceptors (Lipinski definition) is 4. The molecule has 1 atom stereocenters. The van der Waals surface area contributed by atoms with E-state index in [2.05, 4.69) is 9.80 Å². The minimum absolute atomic E-state index is 0.115. The first-order chi connectivity index (χ1) is 12.0. The van der Waals surface area contributed by atoms with E-state index in [4.69, 9.17) is 0 Å². The van der Waals surface area contributed by atoms with E-state index in [-0.39, 0.29) is 11.8 Å². The smallest absolute Gasteiger partial charge is 0.179 e. The molecule has 2 heterocycles. The van der Waals surface area contributed by atoms with E-state index in [1.807, 2.05) is 19.1 Å². The predicted molar refractivity (Wildman–Crippen MR) is 103 cm³/mol. The number of hydrogen-bond donors (Lipinski definition) is 0. The monoisotopic (exact) mass is 364 g/mol. The quantitative estimate of drug-likeness (QED) is 0.778. The average Bonchev–Trinajstić information content (AvgIpc) is 2.63. The van der Waals surface area contributed by atoms with Crippen molar-refractivity contribution >= 4 is 9.84 Å². The fourth-order valence-corrected chi connectivity index (χ4v) is 5.66. The molecule has 0 amide bonds. The van der Waals surface area contributed by atoms with Gasteiger partial charge in [-0.3, -0.25) is 4.90 Å². The van der Waals surface area contributed by atoms with Crippen LogP contribution in [0, 0.1) is 6.92 Å². The Morgan fingerprint density at radius 3 is 2.04 bits per heavy atom. The molecule has 5 heteroatoms. The van der Waals surface area contributed by atoms with Gasteiger partial charge in [0.25, 0.3) is 0 Å². The zero-order valence-electron chi connectivity index (χ0n) is 15.5. The van der Waals surface area contributed by atoms with Gasteiger partial charge in [0.05, 0.1) is 10.6 Å². The summed E-state index contributed by atoms with van der Waals surface area (Å²) in [4.78, 5) is 5.39. The Balaban J connectivity index is 1.74. The van der Waals surface area contributed by atoms with Crippen LogP contribution < -0.4 is 0 Å². The van der Waals surface area contributed by atoms with Crippen molar-refractivity contribution < 1.29 is 8.42 Å². The van der Waals surface area contributed by atoms with Gasteiger partial charge in [-0.2, -0.15) is 0 Å². The molecule has 4 nitrogen and oxygen atoms in total. The van der Waals surface area contributed by atoms with Crippen LogP contribution in [-0.2, 0) is 9.84 Å². The standard InChI is InChI=1S/C20H32N2O2S/c1-18-8-10-20(11-9-18)25(23,24)17-19(22-14-6-3-7-15-22)16-21-12-4-2-5-13-21/h8-11,19H,2-7,12-17H2,1H3. The Hall–Kier alpha value is -0.910. The molecule has 2 fully saturated rings. The summed E-state index contributed by atoms with van der Waals surface area (Å²) < 4.78 is 26.0. The SMILES string of the molecule is Cc1ccc(S(=O)(=O)CC(CN2CCCCC2)N2CCCCC2)cc1. The molecule has 0 saturated carbocycles. The van der Waals surface area contributed by atoms with E-state index in [1.165, 1.54) is 38.5 Å². The molecule has 1 unspecified atom stereocenters. The summed E-state index contributed by atoms with van der Waals surface area (Å²) in [5.74, 6) is 0.243. The van der Waals surface area contributed by atoms with Crippen LogP contribution in [0.15, 0.2) is 29.2 Å². The molecule has 0 spiro atoms. The lowest BCUT2D eigenvalue weighted by atomic mass is 10.1. The Morgan fingerprint density at radius 2 is 1.44 bits per heavy atom. The van der Waals surface area contributed by atoms with Crippen LogP contribution in [0.5, 0.6) is 0 Å². The molecule has 25 heavy (non-hydrogen) atoms. The molecule has 3 rings (SSSR count). The number of piperidine rings is 2. The van der Waals surface area contributed by atoms with E-state index in [0.29, 0.717) is 4.90 Å². The largest absolute Gasteiger partial charge is 0.302 e. The maximum absolute atomic E-state index is 13.0. The van der Waals surface area contributed by atoms with Gasteiger partial charge in [0.2, 0.25) is 0 Å². The Bertz CT molecular complexity index is 630. The van der Waals surface area contributed by atoms with Crippen molar-refractivity contribution in [3.8, 4) is 0 Å². The Morgan fingerprint density at radius 1 is 0.880 bits per heavy atom. The number of rotatable bonds is 6. The van der Waals surface area contributed by atoms with Crippen LogP contribution in [0.1, 0.15) is 44.1 Å². The van der Waals surface area contributed by atoms with E-state index >= 15 is 0 Å². The molecule has 2 aliphatic rings. The molecule has 0 aromatic heterocycles. The van der Waals surface area contributed by atoms with E-state index < -0.39 is 9.84 Å². The highest BCUT2D eigenvalue weighted by atomic mass is 32.2. The second kappa shape index (κ2) is 8.65. The van der Waals surface area contributed by atoms with Crippen LogP contribution in [0.4, 0.5) is 0 Å². The molecule has 1 aromatic carbocycles. The molecule has 0 bridgehead atoms. The van der Waals surface area contributed by atoms with Gasteiger partial charge in [0.1, 0.15) is 0 Å². The summed E-state index contributed by atoms with van der Waals surface area (Å²) in [6, 6.07) is 7.43. The van der Waals surface area contributed by atoms with Crippen LogP contribution >= 0.6 is 0 Å². The highest BCUT2D eigenvalue weighted by molar-refractivity contribution is 7.91. The minimum atomic E-state index is -3.24. The first-order valence-corrected chi connectivity index (χ1v) is 11.5. The van der Waals surface area contributed by atoms with Gasteiger partial charge in [-0.15, -0.1) is 0 Å². The second-order valence-corrected chi connectivity index (χ2v) is 9.74. The molecule has 1 aromatic rings. The van der Waals surface area contributed by atoms with Crippen molar-refractivity contribution in [3.63, 3.8) is 0 Å². The maximum atomic E-state index is 13.0. The molecule has 140 valence electrons. The van der Waals surface area contributed by atoms with Crippen molar-refractivity contribution in [2.75, 3.05) is 38.5 Å². The summed E-state index contributed by atoms with van der Waals surface area (Å²) in [5.41, 5.74) is 1.10. The third-order valence-electron chi connectivity index (χ3n) is 5.62. The molecule has 0 N–H and O–H groups in total. The fraction of sp³-hybridized carbons (Fsp3) is 0.700. The van der Waals surface area contributed by atoms with Crippen LogP contribution in [0.3, 0.4) is 0 Å². The highest BCUT2D eigenvalue weighted by Crippen LogP contribution is 2.20. The minimum Gasteiger partial charge on any atom is -0.302 e. The van der Waals surface area contributed by atoms with Gasteiger partial charge in [0.15, 0.2) is 9.84 Å². The van der Waals surface area contributed by atoms with Gasteiger partial charge in [0, 0.05) is 12.6 Å². The predicted octanol–water partition coefficient (Wildman–Crippen LogP) is 3.11. The van der Waals surface area contributed by atoms with Gasteiger partial charge < -0.3 is 4.90 Å². The topological polar surface area (TPSA) is 40.6 Å². The van der Waals surface area contributed by atoms with Gasteiger partial charge in [-0.05, 0) is 70.9 Å². The lowest BCUT2D eigenvalue weighted by Crippen LogP contribution is -2.50. The summed E-state index contributed by atoms with van der Waals surface area (Å²) >= 11 is 0. The van der Waals surface area contributed by atoms with Gasteiger partial charge in [-0.25, -0.2) is 8.42 Å². The third kappa shape index (κ3) is 5.28. The van der Waals surface area contributed by atoms with Crippen molar-refractivity contribution in [2.45, 2.75) is 56.4 Å². The van der Waals surface area contributed by atoms with E-state index in [9.17, 15) is 8.42 Å². The zero-order chi connectivity index (χ0) is 17.7. The third-order valence-corrected chi connectivity index (χ3v) is 7.43. The lowest BCUT2D eigenvalue weighted by molar-refractivity contribution is 0.119. The van der Waals surface area contributed by atoms with E-state index in [0.717, 1.165) is 38.3 Å². The molecule has 2 saturated heterocycles. The molecular formula is C20H32N2O2S. The number of benzene rings is 1. The summed E-state index contributed by atoms with van der Waals surface area (Å²) in [5, 5.41) is 0. The first-order valence-electron chi connectivity index (χ1n) is 9.80. The number of sulfone groups is 1. The van der Waals surface area contributed by atoms with Crippen molar-refractivity contribution in [1.82, 2.24) is 9.80 Å². The Kier molecular flexibility index (Phi) is 6.53. The van der Waals surface area contributed by atoms with Gasteiger partial charge in [-0.1, -0.05) is 30.5 Å². The zero-order valence-corrected chi connectivity index (χ0v) is 16.3. The lowest BCUT2D eigenvalue weighted by Gasteiger charge is -2.38. The Labute approximate surface area is 153 Å². The fourth-order valence-electron chi connectivity index (χ4n) is 4.09. The second-order valence-electron chi connectivity index (χ2n) is 7.71. The molecular weight excluding hydrogens is 332 g/mol. The summed E-state index contributed by atoms with van der Waals surface area (Å²) in [7, 11) is -3.24. The number of nitrogens with zero attached hydrogens (tertiary/aromatic N) is 2. The molecule has 0 radical (unpaired) electrons. The van der Waals surface area contributed by atoms with Crippen LogP contribution in [-0.4, -0.2) is 62.7 Å². The normalized spacial score (nSPS) is 22.0. The van der Waals surface area contributed by atoms with Crippen LogP contribution in [0.25, 0.3) is 0 Å². The molecule has 2 aliphatic heterocycles. The summed E-state index contributed by atoms with van der Waals surface area (Å²) in [6.45, 7) is 7.21. The van der Waals surface area contributed by atoms with Crippen molar-refractivity contribution in [1.29, 1.82) is 0 Å². The van der Waals surface area contributed by atoms with Crippen LogP contribution in [0.2, 0.25) is 0 Å². The van der Waals surface area contributed by atoms with Crippen molar-refractivity contribution in [3.05, 3.63) is 29.8 Å². The van der Waals surface area contributed by atoms with Crippen molar-refractivity contribution in [2.24, 2.45) is 0 Å². The average molecular weight is 365 g/mol.